The molecule has 6 heteroatoms. The highest BCUT2D eigenvalue weighted by Crippen LogP contribution is 2.14. The summed E-state index contributed by atoms with van der Waals surface area (Å²) in [6.45, 7) is 8.77. The molecular weight excluding hydrogens is 516 g/mol. The molecule has 0 aliphatic rings. The topological polar surface area (TPSA) is 78.9 Å². The van der Waals surface area contributed by atoms with E-state index in [9.17, 15) is 14.4 Å². The molecule has 242 valence electrons. The Hall–Kier alpha value is -1.59. The lowest BCUT2D eigenvalue weighted by molar-refractivity contribution is -0.167. The standard InChI is InChI=1S/C35H66O6/c1-5-7-9-11-12-13-14-19-23-27-34(37)40-30-32(29-39-33(36)26-22-17-10-8-6-2)41-35(38)28-24-20-16-15-18-21-25-31(3)4/h31-32H,5-30H2,1-4H3/t32-/m0/s1. The maximum Gasteiger partial charge on any atom is 0.306 e. The second-order valence-corrected chi connectivity index (χ2v) is 12.3. The van der Waals surface area contributed by atoms with E-state index in [0.29, 0.717) is 19.3 Å². The van der Waals surface area contributed by atoms with E-state index in [1.54, 1.807) is 0 Å². The van der Waals surface area contributed by atoms with Crippen molar-refractivity contribution in [1.29, 1.82) is 0 Å². The molecule has 1 atom stereocenters. The van der Waals surface area contributed by atoms with Gasteiger partial charge in [0.1, 0.15) is 13.2 Å². The van der Waals surface area contributed by atoms with Crippen LogP contribution < -0.4 is 0 Å². The molecule has 0 saturated carbocycles. The smallest absolute Gasteiger partial charge is 0.306 e. The third kappa shape index (κ3) is 29.7. The molecule has 0 amide bonds. The largest absolute Gasteiger partial charge is 0.462 e. The molecule has 0 heterocycles. The van der Waals surface area contributed by atoms with Gasteiger partial charge in [-0.3, -0.25) is 14.4 Å². The zero-order valence-corrected chi connectivity index (χ0v) is 27.5. The summed E-state index contributed by atoms with van der Waals surface area (Å²) in [5.41, 5.74) is 0. The van der Waals surface area contributed by atoms with Gasteiger partial charge in [-0.2, -0.15) is 0 Å². The van der Waals surface area contributed by atoms with Crippen LogP contribution in [-0.4, -0.2) is 37.2 Å². The van der Waals surface area contributed by atoms with E-state index in [1.165, 1.54) is 70.6 Å². The lowest BCUT2D eigenvalue weighted by Gasteiger charge is -2.18. The van der Waals surface area contributed by atoms with Crippen LogP contribution in [0.25, 0.3) is 0 Å². The minimum absolute atomic E-state index is 0.0678. The summed E-state index contributed by atoms with van der Waals surface area (Å²) in [4.78, 5) is 37.0. The SMILES string of the molecule is CCCCCCCCCCCC(=O)OC[C@H](COC(=O)CCCCCCC)OC(=O)CCCCCCCCC(C)C. The van der Waals surface area contributed by atoms with E-state index in [2.05, 4.69) is 27.7 Å². The first kappa shape index (κ1) is 39.4. The van der Waals surface area contributed by atoms with Crippen LogP contribution in [0.15, 0.2) is 0 Å². The Morgan fingerprint density at radius 1 is 0.463 bits per heavy atom. The molecule has 0 saturated heterocycles. The summed E-state index contributed by atoms with van der Waals surface area (Å²) in [5.74, 6) is -0.132. The molecule has 6 nitrogen and oxygen atoms in total. The predicted octanol–water partition coefficient (Wildman–Crippen LogP) is 10.0. The van der Waals surface area contributed by atoms with Crippen LogP contribution in [0.4, 0.5) is 0 Å². The van der Waals surface area contributed by atoms with Gasteiger partial charge < -0.3 is 14.2 Å². The maximum absolute atomic E-state index is 12.5. The van der Waals surface area contributed by atoms with Gasteiger partial charge in [0.2, 0.25) is 0 Å². The van der Waals surface area contributed by atoms with Crippen molar-refractivity contribution in [3.05, 3.63) is 0 Å². The molecule has 0 aromatic rings. The molecule has 0 aromatic heterocycles. The van der Waals surface area contributed by atoms with Gasteiger partial charge in [0, 0.05) is 19.3 Å². The highest BCUT2D eigenvalue weighted by atomic mass is 16.6. The van der Waals surface area contributed by atoms with Crippen molar-refractivity contribution < 1.29 is 28.6 Å². The van der Waals surface area contributed by atoms with Gasteiger partial charge in [-0.15, -0.1) is 0 Å². The highest BCUT2D eigenvalue weighted by molar-refractivity contribution is 5.71. The second-order valence-electron chi connectivity index (χ2n) is 12.3. The van der Waals surface area contributed by atoms with Crippen LogP contribution in [0.2, 0.25) is 0 Å². The van der Waals surface area contributed by atoms with Crippen molar-refractivity contribution in [2.45, 2.75) is 188 Å². The van der Waals surface area contributed by atoms with E-state index in [4.69, 9.17) is 14.2 Å². The van der Waals surface area contributed by atoms with E-state index in [0.717, 1.165) is 70.1 Å². The first-order chi connectivity index (χ1) is 19.9. The number of hydrogen-bond donors (Lipinski definition) is 0. The number of unbranched alkanes of at least 4 members (excludes halogenated alkanes) is 17. The average molecular weight is 583 g/mol. The molecule has 0 spiro atoms. The summed E-state index contributed by atoms with van der Waals surface area (Å²) >= 11 is 0. The molecule has 0 radical (unpaired) electrons. The van der Waals surface area contributed by atoms with E-state index in [1.807, 2.05) is 0 Å². The van der Waals surface area contributed by atoms with Gasteiger partial charge in [-0.25, -0.2) is 0 Å². The molecular formula is C35H66O6. The van der Waals surface area contributed by atoms with Crippen LogP contribution in [0.5, 0.6) is 0 Å². The lowest BCUT2D eigenvalue weighted by Crippen LogP contribution is -2.30. The average Bonchev–Trinajstić information content (AvgIpc) is 2.94. The molecule has 0 N–H and O–H groups in total. The highest BCUT2D eigenvalue weighted by Gasteiger charge is 2.19. The van der Waals surface area contributed by atoms with Crippen molar-refractivity contribution in [3.8, 4) is 0 Å². The normalized spacial score (nSPS) is 11.9. The van der Waals surface area contributed by atoms with Crippen molar-refractivity contribution in [1.82, 2.24) is 0 Å². The number of carbonyl (C=O) groups is 3. The first-order valence-corrected chi connectivity index (χ1v) is 17.4. The zero-order valence-electron chi connectivity index (χ0n) is 27.5. The van der Waals surface area contributed by atoms with Crippen molar-refractivity contribution in [2.24, 2.45) is 5.92 Å². The minimum Gasteiger partial charge on any atom is -0.462 e. The summed E-state index contributed by atoms with van der Waals surface area (Å²) in [7, 11) is 0. The Bertz CT molecular complexity index is 618. The second kappa shape index (κ2) is 29.9. The van der Waals surface area contributed by atoms with Gasteiger partial charge in [0.25, 0.3) is 0 Å². The van der Waals surface area contributed by atoms with Crippen LogP contribution in [0.3, 0.4) is 0 Å². The number of hydrogen-bond acceptors (Lipinski definition) is 6. The van der Waals surface area contributed by atoms with Gasteiger partial charge in [0.15, 0.2) is 6.10 Å². The fraction of sp³-hybridized carbons (Fsp3) is 0.914. The van der Waals surface area contributed by atoms with Gasteiger partial charge in [-0.1, -0.05) is 143 Å². The van der Waals surface area contributed by atoms with Crippen LogP contribution in [0.1, 0.15) is 182 Å². The number of carbonyl (C=O) groups excluding carboxylic acids is 3. The van der Waals surface area contributed by atoms with Crippen molar-refractivity contribution in [2.75, 3.05) is 13.2 Å². The summed E-state index contributed by atoms with van der Waals surface area (Å²) in [6.07, 6.45) is 24.2. The van der Waals surface area contributed by atoms with Crippen LogP contribution >= 0.6 is 0 Å². The van der Waals surface area contributed by atoms with Crippen molar-refractivity contribution >= 4 is 17.9 Å². The maximum atomic E-state index is 12.5. The molecule has 0 aliphatic carbocycles. The minimum atomic E-state index is -0.755. The summed E-state index contributed by atoms with van der Waals surface area (Å²) in [6, 6.07) is 0. The Morgan fingerprint density at radius 3 is 1.20 bits per heavy atom. The summed E-state index contributed by atoms with van der Waals surface area (Å²) < 4.78 is 16.4. The van der Waals surface area contributed by atoms with E-state index in [-0.39, 0.29) is 31.1 Å². The van der Waals surface area contributed by atoms with Crippen LogP contribution in [0, 0.1) is 5.92 Å². The lowest BCUT2D eigenvalue weighted by atomic mass is 10.0. The molecule has 0 aliphatic heterocycles. The number of rotatable bonds is 30. The fourth-order valence-corrected chi connectivity index (χ4v) is 4.86. The van der Waals surface area contributed by atoms with Crippen LogP contribution in [-0.2, 0) is 28.6 Å². The Kier molecular flexibility index (Phi) is 28.7. The summed E-state index contributed by atoms with van der Waals surface area (Å²) in [5, 5.41) is 0. The quantitative estimate of drug-likeness (QED) is 0.0476. The molecule has 0 fully saturated rings. The zero-order chi connectivity index (χ0) is 30.4. The molecule has 41 heavy (non-hydrogen) atoms. The number of esters is 3. The Balaban J connectivity index is 4.33. The van der Waals surface area contributed by atoms with E-state index >= 15 is 0 Å². The predicted molar refractivity (Wildman–Crippen MR) is 169 cm³/mol. The number of ether oxygens (including phenoxy) is 3. The van der Waals surface area contributed by atoms with Crippen molar-refractivity contribution in [3.63, 3.8) is 0 Å². The van der Waals surface area contributed by atoms with E-state index < -0.39 is 6.10 Å². The Labute approximate surface area is 253 Å². The van der Waals surface area contributed by atoms with Gasteiger partial charge >= 0.3 is 17.9 Å². The Morgan fingerprint density at radius 2 is 0.805 bits per heavy atom. The van der Waals surface area contributed by atoms with Gasteiger partial charge in [0.05, 0.1) is 0 Å². The molecule has 0 unspecified atom stereocenters. The third-order valence-electron chi connectivity index (χ3n) is 7.54. The van der Waals surface area contributed by atoms with Gasteiger partial charge in [-0.05, 0) is 25.2 Å². The molecule has 0 aromatic carbocycles. The first-order valence-electron chi connectivity index (χ1n) is 17.4. The monoisotopic (exact) mass is 582 g/mol. The fourth-order valence-electron chi connectivity index (χ4n) is 4.86. The molecule has 0 rings (SSSR count). The molecule has 0 bridgehead atoms. The third-order valence-corrected chi connectivity index (χ3v) is 7.54.